The zero-order chi connectivity index (χ0) is 15.0. The average Bonchev–Trinajstić information content (AvgIpc) is 2.81. The van der Waals surface area contributed by atoms with Crippen molar-refractivity contribution in [1.29, 1.82) is 5.26 Å². The van der Waals surface area contributed by atoms with Crippen LogP contribution >= 0.6 is 0 Å². The molecule has 0 saturated carbocycles. The molecule has 21 heavy (non-hydrogen) atoms. The molecule has 0 aromatic heterocycles. The molecule has 3 atom stereocenters. The highest BCUT2D eigenvalue weighted by Crippen LogP contribution is 2.28. The number of likely N-dealkylation sites (N-methyl/N-ethyl adjacent to an activating group) is 1. The van der Waals surface area contributed by atoms with Gasteiger partial charge in [0.05, 0.1) is 23.7 Å². The third kappa shape index (κ3) is 2.47. The number of piperidine rings is 1. The van der Waals surface area contributed by atoms with E-state index in [4.69, 9.17) is 5.26 Å². The number of nitrogens with one attached hydrogen (secondary N) is 1. The van der Waals surface area contributed by atoms with E-state index in [9.17, 15) is 4.79 Å². The van der Waals surface area contributed by atoms with Crippen LogP contribution in [-0.4, -0.2) is 48.1 Å². The summed E-state index contributed by atoms with van der Waals surface area (Å²) in [4.78, 5) is 15.9. The highest BCUT2D eigenvalue weighted by Gasteiger charge is 2.41. The molecule has 2 aliphatic heterocycles. The van der Waals surface area contributed by atoms with Gasteiger partial charge >= 0.3 is 6.03 Å². The lowest BCUT2D eigenvalue weighted by Gasteiger charge is -2.39. The summed E-state index contributed by atoms with van der Waals surface area (Å²) < 4.78 is 0. The van der Waals surface area contributed by atoms with Crippen molar-refractivity contribution in [2.45, 2.75) is 31.5 Å². The maximum absolute atomic E-state index is 11.7. The van der Waals surface area contributed by atoms with Gasteiger partial charge in [0, 0.05) is 26.2 Å². The fourth-order valence-corrected chi connectivity index (χ4v) is 3.41. The van der Waals surface area contributed by atoms with Gasteiger partial charge in [-0.2, -0.15) is 5.26 Å². The Balaban J connectivity index is 1.73. The topological polar surface area (TPSA) is 59.4 Å². The van der Waals surface area contributed by atoms with Crippen LogP contribution in [0.25, 0.3) is 0 Å². The number of carbonyl (C=O) groups is 1. The zero-order valence-electron chi connectivity index (χ0n) is 12.4. The fraction of sp³-hybridized carbons (Fsp3) is 0.500. The second kappa shape index (κ2) is 5.38. The van der Waals surface area contributed by atoms with Gasteiger partial charge in [0.15, 0.2) is 0 Å². The summed E-state index contributed by atoms with van der Waals surface area (Å²) in [5, 5.41) is 12.1. The number of likely N-dealkylation sites (tertiary alicyclic amines) is 1. The Kier molecular flexibility index (Phi) is 3.56. The maximum atomic E-state index is 11.7. The molecule has 1 unspecified atom stereocenters. The molecule has 5 nitrogen and oxygen atoms in total. The Hall–Kier alpha value is -2.06. The summed E-state index contributed by atoms with van der Waals surface area (Å²) in [7, 11) is 1.87. The number of amides is 2. The lowest BCUT2D eigenvalue weighted by atomic mass is 9.96. The van der Waals surface area contributed by atoms with Crippen molar-refractivity contribution in [3.63, 3.8) is 0 Å². The van der Waals surface area contributed by atoms with Crippen LogP contribution in [-0.2, 0) is 0 Å². The molecule has 1 aromatic rings. The minimum absolute atomic E-state index is 0.0333. The van der Waals surface area contributed by atoms with Crippen LogP contribution in [0.3, 0.4) is 0 Å². The monoisotopic (exact) mass is 284 g/mol. The quantitative estimate of drug-likeness (QED) is 0.899. The van der Waals surface area contributed by atoms with Gasteiger partial charge in [0.1, 0.15) is 0 Å². The van der Waals surface area contributed by atoms with Crippen LogP contribution in [0.1, 0.15) is 30.5 Å². The minimum atomic E-state index is 0.0333. The number of nitrogens with zero attached hydrogens (tertiary/aromatic N) is 3. The first-order valence-corrected chi connectivity index (χ1v) is 7.37. The van der Waals surface area contributed by atoms with Crippen molar-refractivity contribution in [2.24, 2.45) is 0 Å². The Morgan fingerprint density at radius 3 is 3.05 bits per heavy atom. The molecule has 0 bridgehead atoms. The molecule has 2 fully saturated rings. The summed E-state index contributed by atoms with van der Waals surface area (Å²) in [5.74, 6) is 0. The molecule has 1 aromatic carbocycles. The fourth-order valence-electron chi connectivity index (χ4n) is 3.41. The SMILES string of the molecule is CC(c1cccc(C#N)c1)N1CC[C@H]2[C@@H](C1)NC(=O)N2C. The number of benzene rings is 1. The number of nitriles is 1. The van der Waals surface area contributed by atoms with E-state index in [0.29, 0.717) is 11.6 Å². The third-order valence-electron chi connectivity index (χ3n) is 4.78. The van der Waals surface area contributed by atoms with Crippen LogP contribution in [0, 0.1) is 11.3 Å². The third-order valence-corrected chi connectivity index (χ3v) is 4.78. The van der Waals surface area contributed by atoms with Crippen molar-refractivity contribution < 1.29 is 4.79 Å². The smallest absolute Gasteiger partial charge is 0.317 e. The number of carbonyl (C=O) groups excluding carboxylic acids is 1. The highest BCUT2D eigenvalue weighted by molar-refractivity contribution is 5.77. The van der Waals surface area contributed by atoms with E-state index in [-0.39, 0.29) is 18.1 Å². The molecule has 0 spiro atoms. The standard InChI is InChI=1S/C16H20N4O/c1-11(13-5-3-4-12(8-13)9-17)20-7-6-15-14(10-20)18-16(21)19(15)2/h3-5,8,11,14-15H,6-7,10H2,1-2H3,(H,18,21)/t11?,14-,15+/m1/s1. The lowest BCUT2D eigenvalue weighted by Crippen LogP contribution is -2.51. The van der Waals surface area contributed by atoms with Crippen LogP contribution < -0.4 is 5.32 Å². The van der Waals surface area contributed by atoms with E-state index in [1.807, 2.05) is 30.1 Å². The molecule has 110 valence electrons. The molecule has 0 aliphatic carbocycles. The minimum Gasteiger partial charge on any atom is -0.332 e. The van der Waals surface area contributed by atoms with E-state index >= 15 is 0 Å². The van der Waals surface area contributed by atoms with E-state index in [2.05, 4.69) is 29.3 Å². The molecule has 2 amide bonds. The molecule has 1 N–H and O–H groups in total. The molecule has 2 saturated heterocycles. The molecule has 2 heterocycles. The average molecular weight is 284 g/mol. The van der Waals surface area contributed by atoms with Gasteiger partial charge in [0.25, 0.3) is 0 Å². The first-order chi connectivity index (χ1) is 10.1. The lowest BCUT2D eigenvalue weighted by molar-refractivity contribution is 0.120. The second-order valence-electron chi connectivity index (χ2n) is 5.93. The van der Waals surface area contributed by atoms with Crippen molar-refractivity contribution in [3.05, 3.63) is 35.4 Å². The van der Waals surface area contributed by atoms with Gasteiger partial charge < -0.3 is 10.2 Å². The Labute approximate surface area is 125 Å². The Bertz CT molecular complexity index is 594. The number of fused-ring (bicyclic) bond motifs is 1. The summed E-state index contributed by atoms with van der Waals surface area (Å²) in [6.45, 7) is 3.99. The van der Waals surface area contributed by atoms with Crippen molar-refractivity contribution in [2.75, 3.05) is 20.1 Å². The predicted molar refractivity (Wildman–Crippen MR) is 79.6 cm³/mol. The van der Waals surface area contributed by atoms with Crippen molar-refractivity contribution in [3.8, 4) is 6.07 Å². The van der Waals surface area contributed by atoms with E-state index in [1.165, 1.54) is 0 Å². The number of hydrogen-bond donors (Lipinski definition) is 1. The van der Waals surface area contributed by atoms with E-state index in [0.717, 1.165) is 25.1 Å². The second-order valence-corrected chi connectivity index (χ2v) is 5.93. The van der Waals surface area contributed by atoms with Crippen LogP contribution in [0.4, 0.5) is 4.79 Å². The van der Waals surface area contributed by atoms with Gasteiger partial charge in [-0.05, 0) is 31.0 Å². The number of rotatable bonds is 2. The van der Waals surface area contributed by atoms with Crippen LogP contribution in [0.5, 0.6) is 0 Å². The molecule has 5 heteroatoms. The molecule has 3 rings (SSSR count). The first kappa shape index (κ1) is 13.9. The first-order valence-electron chi connectivity index (χ1n) is 7.37. The normalized spacial score (nSPS) is 26.9. The largest absolute Gasteiger partial charge is 0.332 e. The van der Waals surface area contributed by atoms with Gasteiger partial charge in [-0.25, -0.2) is 4.79 Å². The van der Waals surface area contributed by atoms with Gasteiger partial charge in [-0.1, -0.05) is 12.1 Å². The molecular weight excluding hydrogens is 264 g/mol. The van der Waals surface area contributed by atoms with Gasteiger partial charge in [-0.3, -0.25) is 4.90 Å². The predicted octanol–water partition coefficient (Wildman–Crippen LogP) is 1.72. The zero-order valence-corrected chi connectivity index (χ0v) is 12.4. The van der Waals surface area contributed by atoms with Crippen LogP contribution in [0.2, 0.25) is 0 Å². The van der Waals surface area contributed by atoms with Crippen molar-refractivity contribution >= 4 is 6.03 Å². The molecule has 0 radical (unpaired) electrons. The molecular formula is C16H20N4O. The summed E-state index contributed by atoms with van der Waals surface area (Å²) >= 11 is 0. The van der Waals surface area contributed by atoms with Gasteiger partial charge in [0.2, 0.25) is 0 Å². The van der Waals surface area contributed by atoms with Crippen molar-refractivity contribution in [1.82, 2.24) is 15.1 Å². The summed E-state index contributed by atoms with van der Waals surface area (Å²) in [6, 6.07) is 10.8. The Morgan fingerprint density at radius 2 is 2.29 bits per heavy atom. The Morgan fingerprint density at radius 1 is 1.48 bits per heavy atom. The summed E-state index contributed by atoms with van der Waals surface area (Å²) in [5.41, 5.74) is 1.85. The number of urea groups is 1. The van der Waals surface area contributed by atoms with E-state index < -0.39 is 0 Å². The highest BCUT2D eigenvalue weighted by atomic mass is 16.2. The van der Waals surface area contributed by atoms with Crippen LogP contribution in [0.15, 0.2) is 24.3 Å². The summed E-state index contributed by atoms with van der Waals surface area (Å²) in [6.07, 6.45) is 0.988. The van der Waals surface area contributed by atoms with E-state index in [1.54, 1.807) is 0 Å². The molecule has 2 aliphatic rings. The maximum Gasteiger partial charge on any atom is 0.317 e. The number of hydrogen-bond acceptors (Lipinski definition) is 3. The van der Waals surface area contributed by atoms with Gasteiger partial charge in [-0.15, -0.1) is 0 Å².